The minimum absolute atomic E-state index is 0.0397. The third-order valence-electron chi connectivity index (χ3n) is 3.93. The molecule has 150 valence electrons. The van der Waals surface area contributed by atoms with Gasteiger partial charge in [-0.05, 0) is 36.4 Å². The number of nitrogens with one attached hydrogen (secondary N) is 1. The number of nitrogens with zero attached hydrogens (tertiary/aromatic N) is 1. The lowest BCUT2D eigenvalue weighted by atomic mass is 10.1. The maximum atomic E-state index is 13.3. The number of amides is 1. The van der Waals surface area contributed by atoms with Gasteiger partial charge in [0.1, 0.15) is 14.6 Å². The van der Waals surface area contributed by atoms with Crippen molar-refractivity contribution < 1.29 is 27.9 Å². The Bertz CT molecular complexity index is 1010. The molecule has 1 atom stereocenters. The van der Waals surface area contributed by atoms with Crippen LogP contribution in [0, 0.1) is 0 Å². The van der Waals surface area contributed by atoms with Gasteiger partial charge >= 0.3 is 12.1 Å². The molecule has 0 aromatic heterocycles. The van der Waals surface area contributed by atoms with Crippen LogP contribution in [0.2, 0.25) is 0 Å². The van der Waals surface area contributed by atoms with Crippen LogP contribution < -0.4 is 10.2 Å². The molecule has 2 N–H and O–H groups in total. The van der Waals surface area contributed by atoms with Crippen molar-refractivity contribution in [1.82, 2.24) is 0 Å². The smallest absolute Gasteiger partial charge is 0.418 e. The van der Waals surface area contributed by atoms with Gasteiger partial charge in [-0.15, -0.1) is 0 Å². The van der Waals surface area contributed by atoms with Gasteiger partial charge in [-0.1, -0.05) is 48.3 Å². The number of anilines is 2. The number of aromatic carboxylic acids is 1. The summed E-state index contributed by atoms with van der Waals surface area (Å²) < 4.78 is 39.9. The van der Waals surface area contributed by atoms with Crippen LogP contribution in [0.1, 0.15) is 15.9 Å². The molecule has 0 saturated carbocycles. The lowest BCUT2D eigenvalue weighted by Crippen LogP contribution is -2.37. The Labute approximate surface area is 177 Å². The molecule has 0 aliphatic carbocycles. The van der Waals surface area contributed by atoms with E-state index in [1.165, 1.54) is 42.5 Å². The Morgan fingerprint density at radius 3 is 2.34 bits per heavy atom. The molecule has 1 unspecified atom stereocenters. The monoisotopic (exact) mass is 456 g/mol. The molecule has 0 radical (unpaired) electrons. The Morgan fingerprint density at radius 2 is 1.76 bits per heavy atom. The number of rotatable bonds is 4. The lowest BCUT2D eigenvalue weighted by molar-refractivity contribution is -0.137. The number of carboxylic acid groups (broad SMARTS) is 1. The highest BCUT2D eigenvalue weighted by Crippen LogP contribution is 2.41. The van der Waals surface area contributed by atoms with E-state index < -0.39 is 28.9 Å². The van der Waals surface area contributed by atoms with Crippen molar-refractivity contribution in [3.8, 4) is 0 Å². The summed E-state index contributed by atoms with van der Waals surface area (Å²) in [6.45, 7) is 0. The normalized spacial score (nSPS) is 16.8. The summed E-state index contributed by atoms with van der Waals surface area (Å²) in [5.74, 6) is -1.78. The first kappa shape index (κ1) is 21.2. The average Bonchev–Trinajstić information content (AvgIpc) is 2.95. The first-order valence-electron chi connectivity index (χ1n) is 7.94. The van der Waals surface area contributed by atoms with Gasteiger partial charge in [-0.3, -0.25) is 9.69 Å². The Morgan fingerprint density at radius 1 is 1.14 bits per heavy atom. The Hall–Kier alpha value is -2.50. The van der Waals surface area contributed by atoms with Crippen molar-refractivity contribution in [1.29, 1.82) is 0 Å². The molecular formula is C18H11F3N2O3S3. The van der Waals surface area contributed by atoms with Gasteiger partial charge in [-0.25, -0.2) is 4.79 Å². The highest BCUT2D eigenvalue weighted by atomic mass is 32.2. The Kier molecular flexibility index (Phi) is 5.92. The predicted octanol–water partition coefficient (Wildman–Crippen LogP) is 4.58. The fourth-order valence-corrected chi connectivity index (χ4v) is 4.31. The number of alkyl halides is 3. The van der Waals surface area contributed by atoms with Crippen LogP contribution in [0.4, 0.5) is 24.5 Å². The highest BCUT2D eigenvalue weighted by molar-refractivity contribution is 8.25. The quantitative estimate of drug-likeness (QED) is 0.653. The van der Waals surface area contributed by atoms with E-state index in [4.69, 9.17) is 29.5 Å². The van der Waals surface area contributed by atoms with Crippen LogP contribution in [0.15, 0.2) is 48.5 Å². The number of hydrogen-bond acceptors (Lipinski definition) is 5. The number of halogens is 3. The number of hydrogen-bond donors (Lipinski definition) is 2. The maximum absolute atomic E-state index is 13.3. The first-order chi connectivity index (χ1) is 13.6. The summed E-state index contributed by atoms with van der Waals surface area (Å²) in [6.07, 6.45) is -4.65. The van der Waals surface area contributed by atoms with Crippen LogP contribution in [-0.4, -0.2) is 31.5 Å². The molecule has 11 heteroatoms. The van der Waals surface area contributed by atoms with Gasteiger partial charge in [0.25, 0.3) is 5.91 Å². The van der Waals surface area contributed by atoms with Gasteiger partial charge < -0.3 is 10.4 Å². The zero-order valence-electron chi connectivity index (χ0n) is 14.3. The fourth-order valence-electron chi connectivity index (χ4n) is 2.61. The molecule has 0 bridgehead atoms. The van der Waals surface area contributed by atoms with Crippen molar-refractivity contribution >= 4 is 68.8 Å². The van der Waals surface area contributed by atoms with Gasteiger partial charge in [0.15, 0.2) is 0 Å². The summed E-state index contributed by atoms with van der Waals surface area (Å²) >= 11 is 11.3. The molecule has 1 saturated heterocycles. The molecule has 1 aliphatic heterocycles. The minimum Gasteiger partial charge on any atom is -0.478 e. The summed E-state index contributed by atoms with van der Waals surface area (Å²) in [7, 11) is 0. The van der Waals surface area contributed by atoms with E-state index in [1.807, 2.05) is 0 Å². The largest absolute Gasteiger partial charge is 0.478 e. The lowest BCUT2D eigenvalue weighted by Gasteiger charge is -2.21. The molecule has 1 heterocycles. The second-order valence-electron chi connectivity index (χ2n) is 5.82. The third kappa shape index (κ3) is 4.41. The topological polar surface area (TPSA) is 69.6 Å². The van der Waals surface area contributed by atoms with Gasteiger partial charge in [0.05, 0.1) is 16.8 Å². The molecule has 1 fully saturated rings. The van der Waals surface area contributed by atoms with Crippen LogP contribution in [0.3, 0.4) is 0 Å². The summed E-state index contributed by atoms with van der Waals surface area (Å²) in [6, 6.07) is 10.3. The molecule has 1 amide bonds. The van der Waals surface area contributed by atoms with Crippen molar-refractivity contribution in [2.45, 2.75) is 11.4 Å². The van der Waals surface area contributed by atoms with Crippen LogP contribution in [0.25, 0.3) is 0 Å². The Balaban J connectivity index is 1.82. The van der Waals surface area contributed by atoms with E-state index in [9.17, 15) is 22.8 Å². The van der Waals surface area contributed by atoms with E-state index in [-0.39, 0.29) is 20.6 Å². The zero-order valence-corrected chi connectivity index (χ0v) is 16.7. The van der Waals surface area contributed by atoms with E-state index in [0.717, 1.165) is 22.7 Å². The predicted molar refractivity (Wildman–Crippen MR) is 113 cm³/mol. The molecule has 1 aliphatic rings. The molecule has 2 aromatic rings. The summed E-state index contributed by atoms with van der Waals surface area (Å²) in [5, 5.41) is 10.7. The van der Waals surface area contributed by atoms with Gasteiger partial charge in [0, 0.05) is 5.69 Å². The third-order valence-corrected chi connectivity index (χ3v) is 5.95. The van der Waals surface area contributed by atoms with Crippen molar-refractivity contribution in [2.24, 2.45) is 0 Å². The van der Waals surface area contributed by atoms with Crippen molar-refractivity contribution in [2.75, 3.05) is 10.2 Å². The minimum atomic E-state index is -4.65. The van der Waals surface area contributed by atoms with E-state index >= 15 is 0 Å². The van der Waals surface area contributed by atoms with Crippen molar-refractivity contribution in [3.05, 3.63) is 59.7 Å². The summed E-state index contributed by atoms with van der Waals surface area (Å²) in [4.78, 5) is 24.6. The molecular weight excluding hydrogens is 445 g/mol. The van der Waals surface area contributed by atoms with Crippen LogP contribution >= 0.6 is 36.2 Å². The molecule has 29 heavy (non-hydrogen) atoms. The number of carbonyl (C=O) groups is 2. The highest BCUT2D eigenvalue weighted by Gasteiger charge is 2.44. The van der Waals surface area contributed by atoms with Crippen molar-refractivity contribution in [3.63, 3.8) is 0 Å². The van der Waals surface area contributed by atoms with Gasteiger partial charge in [-0.2, -0.15) is 13.2 Å². The molecule has 2 aromatic carbocycles. The van der Waals surface area contributed by atoms with E-state index in [0.29, 0.717) is 5.69 Å². The van der Waals surface area contributed by atoms with Crippen LogP contribution in [-0.2, 0) is 11.0 Å². The fraction of sp³-hybridized carbons (Fsp3) is 0.111. The van der Waals surface area contributed by atoms with Crippen LogP contribution in [0.5, 0.6) is 0 Å². The van der Waals surface area contributed by atoms with E-state index in [1.54, 1.807) is 0 Å². The first-order valence-corrected chi connectivity index (χ1v) is 9.64. The molecule has 5 nitrogen and oxygen atoms in total. The number of carboxylic acids is 1. The second-order valence-corrected chi connectivity index (χ2v) is 8.00. The number of thioether (sulfide) groups is 1. The average molecular weight is 456 g/mol. The second kappa shape index (κ2) is 8.09. The SMILES string of the molecule is O=C(O)c1ccc(NC(=S)C2SC(=S)N(c3ccccc3C(F)(F)F)C2=O)cc1. The van der Waals surface area contributed by atoms with Gasteiger partial charge in [0.2, 0.25) is 0 Å². The maximum Gasteiger partial charge on any atom is 0.418 e. The standard InChI is InChI=1S/C18H11F3N2O3S3/c19-18(20,21)11-3-1-2-4-12(11)23-15(24)13(29-17(23)28)14(27)22-10-7-5-9(6-8-10)16(25)26/h1-8,13H,(H,22,27)(H,25,26). The number of carbonyl (C=O) groups excluding carboxylic acids is 1. The zero-order chi connectivity index (χ0) is 21.3. The number of para-hydroxylation sites is 1. The number of benzene rings is 2. The number of thiocarbonyl (C=S) groups is 2. The summed E-state index contributed by atoms with van der Waals surface area (Å²) in [5.41, 5.74) is -0.809. The molecule has 0 spiro atoms. The van der Waals surface area contributed by atoms with E-state index in [2.05, 4.69) is 5.32 Å². The molecule has 3 rings (SSSR count).